The molecule has 0 fully saturated rings. The standard InChI is InChI=1S/C11H17NO2/c1-8-4-5-11(14-7-13-3)10(6-8)9(2)12/h4-6,9H,7,12H2,1-3H3. The maximum atomic E-state index is 5.83. The van der Waals surface area contributed by atoms with Crippen molar-refractivity contribution in [3.05, 3.63) is 29.3 Å². The number of aryl methyl sites for hydroxylation is 1. The van der Waals surface area contributed by atoms with E-state index in [1.54, 1.807) is 7.11 Å². The molecule has 0 aliphatic rings. The second kappa shape index (κ2) is 4.98. The van der Waals surface area contributed by atoms with Crippen molar-refractivity contribution >= 4 is 0 Å². The van der Waals surface area contributed by atoms with E-state index in [1.807, 2.05) is 32.0 Å². The summed E-state index contributed by atoms with van der Waals surface area (Å²) in [6.45, 7) is 4.23. The van der Waals surface area contributed by atoms with Gasteiger partial charge in [0.2, 0.25) is 0 Å². The molecular formula is C11H17NO2. The van der Waals surface area contributed by atoms with E-state index in [1.165, 1.54) is 5.56 Å². The average molecular weight is 195 g/mol. The van der Waals surface area contributed by atoms with E-state index < -0.39 is 0 Å². The van der Waals surface area contributed by atoms with E-state index >= 15 is 0 Å². The molecule has 0 radical (unpaired) electrons. The monoisotopic (exact) mass is 195 g/mol. The van der Waals surface area contributed by atoms with Crippen molar-refractivity contribution < 1.29 is 9.47 Å². The summed E-state index contributed by atoms with van der Waals surface area (Å²) in [5.41, 5.74) is 8.03. The SMILES string of the molecule is COCOc1ccc(C)cc1C(C)N. The fraction of sp³-hybridized carbons (Fsp3) is 0.455. The van der Waals surface area contributed by atoms with Gasteiger partial charge in [-0.05, 0) is 19.9 Å². The average Bonchev–Trinajstić information content (AvgIpc) is 2.15. The van der Waals surface area contributed by atoms with Gasteiger partial charge in [-0.1, -0.05) is 17.7 Å². The third kappa shape index (κ3) is 2.72. The summed E-state index contributed by atoms with van der Waals surface area (Å²) in [6.07, 6.45) is 0. The molecule has 14 heavy (non-hydrogen) atoms. The van der Waals surface area contributed by atoms with Gasteiger partial charge < -0.3 is 15.2 Å². The van der Waals surface area contributed by atoms with Crippen LogP contribution >= 0.6 is 0 Å². The summed E-state index contributed by atoms with van der Waals surface area (Å²) in [6, 6.07) is 5.93. The number of ether oxygens (including phenoxy) is 2. The molecule has 0 bridgehead atoms. The van der Waals surface area contributed by atoms with Crippen molar-refractivity contribution in [3.8, 4) is 5.75 Å². The van der Waals surface area contributed by atoms with Crippen molar-refractivity contribution in [2.75, 3.05) is 13.9 Å². The Bertz CT molecular complexity index is 297. The zero-order valence-electron chi connectivity index (χ0n) is 8.91. The minimum Gasteiger partial charge on any atom is -0.467 e. The smallest absolute Gasteiger partial charge is 0.188 e. The Morgan fingerprint density at radius 3 is 2.71 bits per heavy atom. The fourth-order valence-corrected chi connectivity index (χ4v) is 1.28. The maximum absolute atomic E-state index is 5.83. The molecule has 1 rings (SSSR count). The van der Waals surface area contributed by atoms with Crippen molar-refractivity contribution in [1.82, 2.24) is 0 Å². The van der Waals surface area contributed by atoms with E-state index in [0.29, 0.717) is 0 Å². The largest absolute Gasteiger partial charge is 0.467 e. The molecule has 3 heteroatoms. The summed E-state index contributed by atoms with van der Waals surface area (Å²) in [4.78, 5) is 0. The number of methoxy groups -OCH3 is 1. The molecule has 0 aromatic heterocycles. The summed E-state index contributed by atoms with van der Waals surface area (Å²) < 4.78 is 10.2. The highest BCUT2D eigenvalue weighted by atomic mass is 16.7. The van der Waals surface area contributed by atoms with E-state index in [2.05, 4.69) is 0 Å². The highest BCUT2D eigenvalue weighted by Crippen LogP contribution is 2.24. The van der Waals surface area contributed by atoms with Gasteiger partial charge in [-0.25, -0.2) is 0 Å². The fourth-order valence-electron chi connectivity index (χ4n) is 1.28. The molecule has 0 aliphatic heterocycles. The molecular weight excluding hydrogens is 178 g/mol. The first-order chi connectivity index (χ1) is 6.65. The first-order valence-electron chi connectivity index (χ1n) is 4.63. The van der Waals surface area contributed by atoms with Gasteiger partial charge in [-0.3, -0.25) is 0 Å². The van der Waals surface area contributed by atoms with Crippen LogP contribution in [0.5, 0.6) is 5.75 Å². The quantitative estimate of drug-likeness (QED) is 0.747. The Labute approximate surface area is 84.8 Å². The predicted molar refractivity (Wildman–Crippen MR) is 56.3 cm³/mol. The zero-order chi connectivity index (χ0) is 10.6. The first kappa shape index (κ1) is 11.0. The number of benzene rings is 1. The van der Waals surface area contributed by atoms with E-state index in [4.69, 9.17) is 15.2 Å². The van der Waals surface area contributed by atoms with E-state index in [0.717, 1.165) is 11.3 Å². The molecule has 0 spiro atoms. The molecule has 0 saturated heterocycles. The lowest BCUT2D eigenvalue weighted by atomic mass is 10.1. The molecule has 0 aliphatic carbocycles. The van der Waals surface area contributed by atoms with Gasteiger partial charge in [0.05, 0.1) is 0 Å². The van der Waals surface area contributed by atoms with Gasteiger partial charge in [-0.2, -0.15) is 0 Å². The lowest BCUT2D eigenvalue weighted by Gasteiger charge is -2.14. The molecule has 2 N–H and O–H groups in total. The second-order valence-corrected chi connectivity index (χ2v) is 3.38. The van der Waals surface area contributed by atoms with Gasteiger partial charge in [-0.15, -0.1) is 0 Å². The molecule has 3 nitrogen and oxygen atoms in total. The molecule has 0 heterocycles. The lowest BCUT2D eigenvalue weighted by molar-refractivity contribution is 0.0502. The van der Waals surface area contributed by atoms with E-state index in [9.17, 15) is 0 Å². The van der Waals surface area contributed by atoms with Crippen LogP contribution in [0, 0.1) is 6.92 Å². The first-order valence-corrected chi connectivity index (χ1v) is 4.63. The minimum atomic E-state index is -0.0262. The Morgan fingerprint density at radius 2 is 2.14 bits per heavy atom. The Morgan fingerprint density at radius 1 is 1.43 bits per heavy atom. The Balaban J connectivity index is 2.90. The molecule has 0 saturated carbocycles. The predicted octanol–water partition coefficient (Wildman–Crippen LogP) is 2.00. The van der Waals surface area contributed by atoms with Crippen molar-refractivity contribution in [3.63, 3.8) is 0 Å². The third-order valence-electron chi connectivity index (χ3n) is 1.99. The highest BCUT2D eigenvalue weighted by Gasteiger charge is 2.07. The topological polar surface area (TPSA) is 44.5 Å². The van der Waals surface area contributed by atoms with Crippen molar-refractivity contribution in [1.29, 1.82) is 0 Å². The van der Waals surface area contributed by atoms with Crippen LogP contribution in [0.3, 0.4) is 0 Å². The van der Waals surface area contributed by atoms with Crippen LogP contribution in [-0.2, 0) is 4.74 Å². The van der Waals surface area contributed by atoms with Gasteiger partial charge in [0.15, 0.2) is 6.79 Å². The zero-order valence-corrected chi connectivity index (χ0v) is 8.91. The third-order valence-corrected chi connectivity index (χ3v) is 1.99. The Kier molecular flexibility index (Phi) is 3.92. The van der Waals surface area contributed by atoms with Crippen LogP contribution in [0.2, 0.25) is 0 Å². The van der Waals surface area contributed by atoms with Crippen LogP contribution in [0.15, 0.2) is 18.2 Å². The number of nitrogens with two attached hydrogens (primary N) is 1. The number of hydrogen-bond donors (Lipinski definition) is 1. The highest BCUT2D eigenvalue weighted by molar-refractivity contribution is 5.38. The van der Waals surface area contributed by atoms with Gasteiger partial charge >= 0.3 is 0 Å². The summed E-state index contributed by atoms with van der Waals surface area (Å²) in [5.74, 6) is 0.799. The normalized spacial score (nSPS) is 12.6. The molecule has 1 aromatic carbocycles. The molecule has 1 atom stereocenters. The molecule has 78 valence electrons. The number of hydrogen-bond acceptors (Lipinski definition) is 3. The van der Waals surface area contributed by atoms with Gasteiger partial charge in [0, 0.05) is 18.7 Å². The molecule has 0 amide bonds. The van der Waals surface area contributed by atoms with Gasteiger partial charge in [0.25, 0.3) is 0 Å². The van der Waals surface area contributed by atoms with Gasteiger partial charge in [0.1, 0.15) is 5.75 Å². The van der Waals surface area contributed by atoms with Crippen molar-refractivity contribution in [2.45, 2.75) is 19.9 Å². The molecule has 1 unspecified atom stereocenters. The van der Waals surface area contributed by atoms with E-state index in [-0.39, 0.29) is 12.8 Å². The molecule has 1 aromatic rings. The minimum absolute atomic E-state index is 0.0262. The Hall–Kier alpha value is -1.06. The van der Waals surface area contributed by atoms with Crippen LogP contribution < -0.4 is 10.5 Å². The number of rotatable bonds is 4. The summed E-state index contributed by atoms with van der Waals surface area (Å²) in [5, 5.41) is 0. The maximum Gasteiger partial charge on any atom is 0.188 e. The summed E-state index contributed by atoms with van der Waals surface area (Å²) in [7, 11) is 1.60. The van der Waals surface area contributed by atoms with Crippen LogP contribution in [-0.4, -0.2) is 13.9 Å². The summed E-state index contributed by atoms with van der Waals surface area (Å²) >= 11 is 0. The van der Waals surface area contributed by atoms with Crippen molar-refractivity contribution in [2.24, 2.45) is 5.73 Å². The van der Waals surface area contributed by atoms with Crippen LogP contribution in [0.25, 0.3) is 0 Å². The lowest BCUT2D eigenvalue weighted by Crippen LogP contribution is -2.09. The van der Waals surface area contributed by atoms with Crippen LogP contribution in [0.4, 0.5) is 0 Å². The second-order valence-electron chi connectivity index (χ2n) is 3.38. The van der Waals surface area contributed by atoms with Crippen LogP contribution in [0.1, 0.15) is 24.1 Å².